The van der Waals surface area contributed by atoms with Crippen LogP contribution in [0.25, 0.3) is 0 Å². The molecular formula is C11H16O. The van der Waals surface area contributed by atoms with E-state index in [2.05, 4.69) is 30.6 Å². The van der Waals surface area contributed by atoms with Crippen LogP contribution in [-0.4, -0.2) is 11.7 Å². The smallest absolute Gasteiger partial charge is 0.0702 e. The molecule has 0 aliphatic carbocycles. The van der Waals surface area contributed by atoms with Crippen molar-refractivity contribution in [3.8, 4) is 23.7 Å². The molecule has 0 aromatic carbocycles. The zero-order valence-corrected chi connectivity index (χ0v) is 7.69. The van der Waals surface area contributed by atoms with Crippen molar-refractivity contribution in [1.29, 1.82) is 0 Å². The van der Waals surface area contributed by atoms with E-state index >= 15 is 0 Å². The molecule has 0 rings (SSSR count). The summed E-state index contributed by atoms with van der Waals surface area (Å²) in [6.07, 6.45) is 4.57. The van der Waals surface area contributed by atoms with Crippen LogP contribution in [0.1, 0.15) is 39.0 Å². The average molecular weight is 164 g/mol. The second-order valence-corrected chi connectivity index (χ2v) is 2.46. The molecule has 66 valence electrons. The van der Waals surface area contributed by atoms with Crippen molar-refractivity contribution in [2.75, 3.05) is 6.61 Å². The number of aliphatic hydroxyl groups is 1. The Morgan fingerprint density at radius 1 is 1.00 bits per heavy atom. The van der Waals surface area contributed by atoms with Crippen LogP contribution in [0.2, 0.25) is 0 Å². The van der Waals surface area contributed by atoms with Gasteiger partial charge in [-0.25, -0.2) is 0 Å². The summed E-state index contributed by atoms with van der Waals surface area (Å²) in [5, 5.41) is 8.40. The van der Waals surface area contributed by atoms with Gasteiger partial charge in [0.05, 0.1) is 13.0 Å². The monoisotopic (exact) mass is 164 g/mol. The summed E-state index contributed by atoms with van der Waals surface area (Å²) in [4.78, 5) is 0. The highest BCUT2D eigenvalue weighted by atomic mass is 16.2. The van der Waals surface area contributed by atoms with Gasteiger partial charge in [0.2, 0.25) is 0 Å². The Balaban J connectivity index is 3.27. The fourth-order valence-corrected chi connectivity index (χ4v) is 0.667. The molecule has 1 heteroatoms. The van der Waals surface area contributed by atoms with Crippen molar-refractivity contribution in [3.05, 3.63) is 0 Å². The molecule has 0 amide bonds. The van der Waals surface area contributed by atoms with E-state index < -0.39 is 0 Å². The molecule has 0 aromatic heterocycles. The third-order valence-electron chi connectivity index (χ3n) is 1.32. The van der Waals surface area contributed by atoms with E-state index in [4.69, 9.17) is 5.11 Å². The van der Waals surface area contributed by atoms with Gasteiger partial charge in [0, 0.05) is 12.8 Å². The Labute approximate surface area is 75.2 Å². The first kappa shape index (κ1) is 11.1. The number of aliphatic hydroxyl groups excluding tert-OH is 1. The SMILES string of the molecule is CCCCC#CCC#CCCO. The van der Waals surface area contributed by atoms with Crippen molar-refractivity contribution < 1.29 is 5.11 Å². The Morgan fingerprint density at radius 2 is 1.67 bits per heavy atom. The Hall–Kier alpha value is -0.920. The van der Waals surface area contributed by atoms with Crippen molar-refractivity contribution in [2.45, 2.75) is 39.0 Å². The molecule has 0 saturated heterocycles. The molecule has 0 radical (unpaired) electrons. The maximum absolute atomic E-state index is 8.40. The zero-order valence-electron chi connectivity index (χ0n) is 7.69. The summed E-state index contributed by atoms with van der Waals surface area (Å²) in [7, 11) is 0. The molecule has 0 bridgehead atoms. The molecule has 0 fully saturated rings. The van der Waals surface area contributed by atoms with Crippen LogP contribution in [0.3, 0.4) is 0 Å². The van der Waals surface area contributed by atoms with Gasteiger partial charge in [0.25, 0.3) is 0 Å². The molecule has 0 atom stereocenters. The first-order valence-corrected chi connectivity index (χ1v) is 4.44. The highest BCUT2D eigenvalue weighted by molar-refractivity contribution is 5.11. The van der Waals surface area contributed by atoms with Gasteiger partial charge >= 0.3 is 0 Å². The van der Waals surface area contributed by atoms with Crippen LogP contribution in [0.4, 0.5) is 0 Å². The van der Waals surface area contributed by atoms with E-state index in [0.29, 0.717) is 12.8 Å². The molecule has 12 heavy (non-hydrogen) atoms. The minimum Gasteiger partial charge on any atom is -0.395 e. The van der Waals surface area contributed by atoms with Crippen LogP contribution in [0, 0.1) is 23.7 Å². The van der Waals surface area contributed by atoms with Gasteiger partial charge in [0.1, 0.15) is 0 Å². The molecule has 0 heterocycles. The molecule has 1 nitrogen and oxygen atoms in total. The van der Waals surface area contributed by atoms with Crippen LogP contribution in [-0.2, 0) is 0 Å². The molecular weight excluding hydrogens is 148 g/mol. The van der Waals surface area contributed by atoms with E-state index in [-0.39, 0.29) is 6.61 Å². The Morgan fingerprint density at radius 3 is 2.25 bits per heavy atom. The first-order chi connectivity index (χ1) is 5.91. The van der Waals surface area contributed by atoms with E-state index in [1.807, 2.05) is 0 Å². The van der Waals surface area contributed by atoms with Crippen LogP contribution >= 0.6 is 0 Å². The van der Waals surface area contributed by atoms with Gasteiger partial charge in [-0.2, -0.15) is 0 Å². The predicted molar refractivity (Wildman–Crippen MR) is 51.4 cm³/mol. The van der Waals surface area contributed by atoms with Gasteiger partial charge < -0.3 is 5.11 Å². The molecule has 0 saturated carbocycles. The van der Waals surface area contributed by atoms with Gasteiger partial charge in [-0.3, -0.25) is 0 Å². The zero-order chi connectivity index (χ0) is 9.07. The summed E-state index contributed by atoms with van der Waals surface area (Å²) in [6.45, 7) is 2.30. The van der Waals surface area contributed by atoms with Crippen LogP contribution in [0.15, 0.2) is 0 Å². The van der Waals surface area contributed by atoms with Crippen molar-refractivity contribution in [2.24, 2.45) is 0 Å². The highest BCUT2D eigenvalue weighted by Crippen LogP contribution is 1.90. The summed E-state index contributed by atoms with van der Waals surface area (Å²) in [5.74, 6) is 11.7. The third-order valence-corrected chi connectivity index (χ3v) is 1.32. The van der Waals surface area contributed by atoms with Crippen molar-refractivity contribution in [1.82, 2.24) is 0 Å². The van der Waals surface area contributed by atoms with Crippen molar-refractivity contribution >= 4 is 0 Å². The highest BCUT2D eigenvalue weighted by Gasteiger charge is 1.75. The topological polar surface area (TPSA) is 20.2 Å². The fourth-order valence-electron chi connectivity index (χ4n) is 0.667. The number of hydrogen-bond donors (Lipinski definition) is 1. The van der Waals surface area contributed by atoms with Crippen LogP contribution < -0.4 is 0 Å². The average Bonchev–Trinajstić information content (AvgIpc) is 2.10. The largest absolute Gasteiger partial charge is 0.395 e. The molecule has 0 aliphatic heterocycles. The molecule has 0 aromatic rings. The predicted octanol–water partition coefficient (Wildman–Crippen LogP) is 1.96. The second kappa shape index (κ2) is 10.1. The molecule has 0 unspecified atom stereocenters. The van der Waals surface area contributed by atoms with E-state index in [1.54, 1.807) is 0 Å². The number of rotatable bonds is 3. The lowest BCUT2D eigenvalue weighted by atomic mass is 10.2. The van der Waals surface area contributed by atoms with Gasteiger partial charge in [0.15, 0.2) is 0 Å². The summed E-state index contributed by atoms with van der Waals surface area (Å²) >= 11 is 0. The summed E-state index contributed by atoms with van der Waals surface area (Å²) in [5.41, 5.74) is 0. The fraction of sp³-hybridized carbons (Fsp3) is 0.636. The Bertz CT molecular complexity index is 197. The quantitative estimate of drug-likeness (QED) is 0.499. The standard InChI is InChI=1S/C11H16O/c1-2-3-4-5-6-7-8-9-10-11-12/h12H,2-4,7,10-11H2,1H3. The summed E-state index contributed by atoms with van der Waals surface area (Å²) in [6, 6.07) is 0. The van der Waals surface area contributed by atoms with Gasteiger partial charge in [-0.1, -0.05) is 31.1 Å². The lowest BCUT2D eigenvalue weighted by Gasteiger charge is -1.82. The number of hydrogen-bond acceptors (Lipinski definition) is 1. The Kier molecular flexibility index (Phi) is 9.31. The second-order valence-electron chi connectivity index (χ2n) is 2.46. The minimum atomic E-state index is 0.149. The number of unbranched alkanes of at least 4 members (excludes halogenated alkanes) is 2. The van der Waals surface area contributed by atoms with E-state index in [9.17, 15) is 0 Å². The van der Waals surface area contributed by atoms with Gasteiger partial charge in [-0.05, 0) is 6.42 Å². The molecule has 0 spiro atoms. The third kappa shape index (κ3) is 9.08. The van der Waals surface area contributed by atoms with Gasteiger partial charge in [-0.15, -0.1) is 5.92 Å². The lowest BCUT2D eigenvalue weighted by Crippen LogP contribution is -1.75. The maximum atomic E-state index is 8.40. The summed E-state index contributed by atoms with van der Waals surface area (Å²) < 4.78 is 0. The van der Waals surface area contributed by atoms with Crippen LogP contribution in [0.5, 0.6) is 0 Å². The van der Waals surface area contributed by atoms with Crippen molar-refractivity contribution in [3.63, 3.8) is 0 Å². The molecule has 0 aliphatic rings. The maximum Gasteiger partial charge on any atom is 0.0702 e. The minimum absolute atomic E-state index is 0.149. The van der Waals surface area contributed by atoms with E-state index in [0.717, 1.165) is 6.42 Å². The lowest BCUT2D eigenvalue weighted by molar-refractivity contribution is 0.305. The molecule has 1 N–H and O–H groups in total. The first-order valence-electron chi connectivity index (χ1n) is 4.44. The normalized spacial score (nSPS) is 7.83. The van der Waals surface area contributed by atoms with E-state index in [1.165, 1.54) is 12.8 Å².